The molecular weight excluding hydrogens is 430 g/mol. The maximum absolute atomic E-state index is 8.12. The number of hydrogen-bond donors (Lipinski definition) is 1. The Morgan fingerprint density at radius 1 is 1.15 bits per heavy atom. The molecule has 0 radical (unpaired) electrons. The number of nitrogens with zero attached hydrogens (tertiary/aromatic N) is 4. The molecular formula is C26H31N5O3. The molecule has 2 heterocycles. The quantitative estimate of drug-likeness (QED) is 0.404. The van der Waals surface area contributed by atoms with Crippen molar-refractivity contribution in [1.82, 2.24) is 19.9 Å². The topological polar surface area (TPSA) is 97.3 Å². The first-order valence-corrected chi connectivity index (χ1v) is 11.5. The van der Waals surface area contributed by atoms with Crippen LogP contribution in [0.2, 0.25) is 0 Å². The number of benzene rings is 1. The van der Waals surface area contributed by atoms with Gasteiger partial charge in [-0.3, -0.25) is 4.98 Å². The molecule has 0 bridgehead atoms. The number of ether oxygens (including phenoxy) is 1. The number of nitrogens with one attached hydrogen (secondary N) is 1. The first-order valence-electron chi connectivity index (χ1n) is 11.5. The third-order valence-corrected chi connectivity index (χ3v) is 5.84. The molecule has 178 valence electrons. The van der Waals surface area contributed by atoms with Crippen LogP contribution in [-0.4, -0.2) is 59.3 Å². The van der Waals surface area contributed by atoms with Gasteiger partial charge >= 0.3 is 6.15 Å². The monoisotopic (exact) mass is 461 g/mol. The number of carbonyl (C=O) groups excluding carboxylic acids is 2. The Hall–Kier alpha value is -3.61. The summed E-state index contributed by atoms with van der Waals surface area (Å²) in [5.74, 6) is 2.57. The zero-order valence-corrected chi connectivity index (χ0v) is 20.2. The van der Waals surface area contributed by atoms with E-state index >= 15 is 0 Å². The normalized spacial score (nSPS) is 11.2. The average Bonchev–Trinajstić information content (AvgIpc) is 3.19. The predicted molar refractivity (Wildman–Crippen MR) is 130 cm³/mol. The number of anilines is 1. The highest BCUT2D eigenvalue weighted by molar-refractivity contribution is 5.81. The van der Waals surface area contributed by atoms with E-state index in [1.165, 1.54) is 11.1 Å². The van der Waals surface area contributed by atoms with Gasteiger partial charge in [0, 0.05) is 32.1 Å². The van der Waals surface area contributed by atoms with Crippen LogP contribution in [0.15, 0.2) is 36.5 Å². The third-order valence-electron chi connectivity index (χ3n) is 5.84. The van der Waals surface area contributed by atoms with Crippen LogP contribution in [0.3, 0.4) is 0 Å². The number of fused-ring (bicyclic) bond motifs is 3. The van der Waals surface area contributed by atoms with Gasteiger partial charge < -0.3 is 15.0 Å². The minimum atomic E-state index is 0.250. The number of aryl methyl sites for hydroxylation is 1. The van der Waals surface area contributed by atoms with Crippen molar-refractivity contribution in [2.45, 2.75) is 33.6 Å². The fraction of sp³-hybridized carbons (Fsp3) is 0.385. The van der Waals surface area contributed by atoms with Gasteiger partial charge in [-0.2, -0.15) is 9.59 Å². The van der Waals surface area contributed by atoms with Crippen molar-refractivity contribution in [1.29, 1.82) is 0 Å². The summed E-state index contributed by atoms with van der Waals surface area (Å²) in [6.45, 7) is 10.4. The molecule has 2 aromatic heterocycles. The van der Waals surface area contributed by atoms with Gasteiger partial charge in [-0.15, -0.1) is 0 Å². The van der Waals surface area contributed by atoms with Crippen LogP contribution in [0, 0.1) is 6.92 Å². The van der Waals surface area contributed by atoms with E-state index in [4.69, 9.17) is 29.3 Å². The molecule has 1 N–H and O–H groups in total. The SMILES string of the molecule is CCN(CC)CCNc1nc(Cc2cccc(OC)c2)nc2c1-c1ncc(C)cc1C2.O=C=O. The molecule has 0 amide bonds. The van der Waals surface area contributed by atoms with Gasteiger partial charge in [0.2, 0.25) is 0 Å². The maximum atomic E-state index is 8.12. The van der Waals surface area contributed by atoms with Crippen LogP contribution in [0.1, 0.15) is 42.1 Å². The standard InChI is InChI=1S/C25H31N5O.CO2/c1-5-30(6-2)11-10-26-25-23-21(15-19-12-17(3)16-27-24(19)23)28-22(29-25)14-18-8-7-9-20(13-18)31-4;2-1-3/h7-9,12-13,16H,5-6,10-11,14-15H2,1-4H3,(H,26,28,29);. The molecule has 0 atom stereocenters. The van der Waals surface area contributed by atoms with Gasteiger partial charge in [-0.1, -0.05) is 32.0 Å². The Bertz CT molecular complexity index is 1160. The number of likely N-dealkylation sites (N-methyl/N-ethyl adjacent to an activating group) is 1. The molecule has 1 aliphatic carbocycles. The number of hydrogen-bond acceptors (Lipinski definition) is 8. The summed E-state index contributed by atoms with van der Waals surface area (Å²) in [5.41, 5.74) is 6.67. The van der Waals surface area contributed by atoms with Crippen molar-refractivity contribution < 1.29 is 14.3 Å². The van der Waals surface area contributed by atoms with E-state index in [2.05, 4.69) is 43.1 Å². The van der Waals surface area contributed by atoms with Crippen molar-refractivity contribution in [2.24, 2.45) is 0 Å². The molecule has 8 heteroatoms. The van der Waals surface area contributed by atoms with Gasteiger partial charge in [0.1, 0.15) is 17.4 Å². The third kappa shape index (κ3) is 6.04. The van der Waals surface area contributed by atoms with Crippen LogP contribution in [0.25, 0.3) is 11.3 Å². The zero-order chi connectivity index (χ0) is 24.5. The van der Waals surface area contributed by atoms with Gasteiger partial charge in [-0.05, 0) is 48.8 Å². The maximum Gasteiger partial charge on any atom is 0.373 e. The first kappa shape index (κ1) is 25.0. The van der Waals surface area contributed by atoms with E-state index < -0.39 is 0 Å². The number of rotatable bonds is 9. The largest absolute Gasteiger partial charge is 0.497 e. The molecule has 0 fully saturated rings. The summed E-state index contributed by atoms with van der Waals surface area (Å²) in [7, 11) is 1.69. The molecule has 1 aromatic carbocycles. The minimum absolute atomic E-state index is 0.250. The van der Waals surface area contributed by atoms with Crippen LogP contribution >= 0.6 is 0 Å². The van der Waals surface area contributed by atoms with E-state index in [1.54, 1.807) is 7.11 Å². The first-order chi connectivity index (χ1) is 16.5. The number of methoxy groups -OCH3 is 1. The molecule has 1 aliphatic rings. The van der Waals surface area contributed by atoms with Crippen molar-refractivity contribution >= 4 is 12.0 Å². The van der Waals surface area contributed by atoms with Crippen LogP contribution < -0.4 is 10.1 Å². The Morgan fingerprint density at radius 3 is 2.62 bits per heavy atom. The molecule has 0 unspecified atom stereocenters. The Labute approximate surface area is 200 Å². The lowest BCUT2D eigenvalue weighted by Crippen LogP contribution is -2.29. The lowest BCUT2D eigenvalue weighted by atomic mass is 10.1. The molecule has 0 aliphatic heterocycles. The predicted octanol–water partition coefficient (Wildman–Crippen LogP) is 3.52. The summed E-state index contributed by atoms with van der Waals surface area (Å²) in [6.07, 6.45) is 3.65. The van der Waals surface area contributed by atoms with Crippen molar-refractivity contribution in [3.05, 3.63) is 64.7 Å². The summed E-state index contributed by atoms with van der Waals surface area (Å²) >= 11 is 0. The Morgan fingerprint density at radius 2 is 1.91 bits per heavy atom. The van der Waals surface area contributed by atoms with Gasteiger partial charge in [-0.25, -0.2) is 9.97 Å². The highest BCUT2D eigenvalue weighted by Gasteiger charge is 2.26. The smallest absolute Gasteiger partial charge is 0.373 e. The van der Waals surface area contributed by atoms with Gasteiger partial charge in [0.25, 0.3) is 0 Å². The molecule has 0 saturated carbocycles. The highest BCUT2D eigenvalue weighted by Crippen LogP contribution is 2.38. The summed E-state index contributed by atoms with van der Waals surface area (Å²) in [5, 5.41) is 3.59. The van der Waals surface area contributed by atoms with Crippen LogP contribution in [0.4, 0.5) is 5.82 Å². The van der Waals surface area contributed by atoms with E-state index in [1.807, 2.05) is 24.4 Å². The van der Waals surface area contributed by atoms with Crippen molar-refractivity contribution in [3.63, 3.8) is 0 Å². The van der Waals surface area contributed by atoms with Crippen molar-refractivity contribution in [2.75, 3.05) is 38.6 Å². The molecule has 4 rings (SSSR count). The second-order valence-electron chi connectivity index (χ2n) is 8.07. The molecule has 0 spiro atoms. The molecule has 3 aromatic rings. The van der Waals surface area contributed by atoms with E-state index in [0.29, 0.717) is 6.42 Å². The second kappa shape index (κ2) is 12.0. The lowest BCUT2D eigenvalue weighted by molar-refractivity contribution is -0.191. The minimum Gasteiger partial charge on any atom is -0.497 e. The zero-order valence-electron chi connectivity index (χ0n) is 20.2. The summed E-state index contributed by atoms with van der Waals surface area (Å²) < 4.78 is 5.37. The summed E-state index contributed by atoms with van der Waals surface area (Å²) in [4.78, 5) is 33.3. The number of pyridine rings is 1. The second-order valence-corrected chi connectivity index (χ2v) is 8.07. The van der Waals surface area contributed by atoms with Crippen LogP contribution in [-0.2, 0) is 22.4 Å². The molecule has 8 nitrogen and oxygen atoms in total. The average molecular weight is 462 g/mol. The van der Waals surface area contributed by atoms with E-state index in [9.17, 15) is 0 Å². The fourth-order valence-corrected chi connectivity index (χ4v) is 4.15. The Balaban J connectivity index is 0.00000103. The Kier molecular flexibility index (Phi) is 8.85. The molecule has 34 heavy (non-hydrogen) atoms. The fourth-order valence-electron chi connectivity index (χ4n) is 4.15. The highest BCUT2D eigenvalue weighted by atomic mass is 16.5. The number of aromatic nitrogens is 3. The lowest BCUT2D eigenvalue weighted by Gasteiger charge is -2.19. The van der Waals surface area contributed by atoms with Crippen molar-refractivity contribution in [3.8, 4) is 17.0 Å². The van der Waals surface area contributed by atoms with Gasteiger partial charge in [0.05, 0.1) is 24.1 Å². The van der Waals surface area contributed by atoms with Gasteiger partial charge in [0.15, 0.2) is 0 Å². The van der Waals surface area contributed by atoms with E-state index in [-0.39, 0.29) is 6.15 Å². The van der Waals surface area contributed by atoms with Crippen LogP contribution in [0.5, 0.6) is 5.75 Å². The van der Waals surface area contributed by atoms with E-state index in [0.717, 1.165) is 72.5 Å². The molecule has 0 saturated heterocycles. The summed E-state index contributed by atoms with van der Waals surface area (Å²) in [6, 6.07) is 10.3.